The summed E-state index contributed by atoms with van der Waals surface area (Å²) in [5.41, 5.74) is 4.40. The Labute approximate surface area is 175 Å². The SMILES string of the molecule is COc1ccc(N2CCN(c3ccc([N+](=O)[O-])c(-n4nc(C)cc4C)c3)CC2)cc1. The van der Waals surface area contributed by atoms with E-state index in [-0.39, 0.29) is 10.6 Å². The quantitative estimate of drug-likeness (QED) is 0.474. The Hall–Kier alpha value is -3.55. The summed E-state index contributed by atoms with van der Waals surface area (Å²) in [6.07, 6.45) is 0. The number of anilines is 2. The normalized spacial score (nSPS) is 14.1. The van der Waals surface area contributed by atoms with E-state index in [1.807, 2.05) is 44.2 Å². The lowest BCUT2D eigenvalue weighted by Crippen LogP contribution is -2.46. The second kappa shape index (κ2) is 8.06. The van der Waals surface area contributed by atoms with E-state index >= 15 is 0 Å². The molecule has 0 bridgehead atoms. The fourth-order valence-corrected chi connectivity index (χ4v) is 3.92. The van der Waals surface area contributed by atoms with Crippen molar-refractivity contribution < 1.29 is 9.66 Å². The first kappa shape index (κ1) is 19.8. The summed E-state index contributed by atoms with van der Waals surface area (Å²) in [4.78, 5) is 15.8. The second-order valence-corrected chi connectivity index (χ2v) is 7.44. The third-order valence-corrected chi connectivity index (χ3v) is 5.48. The van der Waals surface area contributed by atoms with Crippen LogP contribution in [0.4, 0.5) is 17.1 Å². The summed E-state index contributed by atoms with van der Waals surface area (Å²) in [6, 6.07) is 15.3. The number of piperazine rings is 1. The highest BCUT2D eigenvalue weighted by molar-refractivity contribution is 5.64. The lowest BCUT2D eigenvalue weighted by Gasteiger charge is -2.37. The van der Waals surface area contributed by atoms with Crippen LogP contribution in [0.3, 0.4) is 0 Å². The molecule has 1 aliphatic heterocycles. The number of aryl methyl sites for hydroxylation is 2. The standard InChI is InChI=1S/C22H25N5O3/c1-16-14-17(2)26(23-16)22-15-19(6-9-21(22)27(28)29)25-12-10-24(11-13-25)18-4-7-20(30-3)8-5-18/h4-9,14-15H,10-13H2,1-3H3. The summed E-state index contributed by atoms with van der Waals surface area (Å²) < 4.78 is 6.89. The summed E-state index contributed by atoms with van der Waals surface area (Å²) in [6.45, 7) is 7.21. The molecule has 0 aliphatic carbocycles. The molecule has 0 unspecified atom stereocenters. The van der Waals surface area contributed by atoms with Crippen molar-refractivity contribution in [2.24, 2.45) is 0 Å². The summed E-state index contributed by atoms with van der Waals surface area (Å²) >= 11 is 0. The minimum absolute atomic E-state index is 0.0572. The minimum atomic E-state index is -0.350. The summed E-state index contributed by atoms with van der Waals surface area (Å²) in [5.74, 6) is 0.847. The first-order chi connectivity index (χ1) is 14.5. The van der Waals surface area contributed by atoms with Gasteiger partial charge in [-0.15, -0.1) is 0 Å². The number of nitrogens with zero attached hydrogens (tertiary/aromatic N) is 5. The number of methoxy groups -OCH3 is 1. The van der Waals surface area contributed by atoms with Crippen LogP contribution in [0, 0.1) is 24.0 Å². The number of nitro groups is 1. The number of ether oxygens (including phenoxy) is 1. The van der Waals surface area contributed by atoms with Crippen molar-refractivity contribution in [1.82, 2.24) is 9.78 Å². The van der Waals surface area contributed by atoms with E-state index in [4.69, 9.17) is 4.74 Å². The first-order valence-corrected chi connectivity index (χ1v) is 9.92. The molecule has 0 radical (unpaired) electrons. The van der Waals surface area contributed by atoms with Crippen LogP contribution in [-0.2, 0) is 0 Å². The van der Waals surface area contributed by atoms with E-state index in [1.54, 1.807) is 17.9 Å². The van der Waals surface area contributed by atoms with Crippen LogP contribution in [-0.4, -0.2) is 48.0 Å². The van der Waals surface area contributed by atoms with Crippen LogP contribution in [0.2, 0.25) is 0 Å². The Morgan fingerprint density at radius 2 is 1.53 bits per heavy atom. The van der Waals surface area contributed by atoms with Gasteiger partial charge in [0.15, 0.2) is 0 Å². The van der Waals surface area contributed by atoms with Crippen molar-refractivity contribution in [1.29, 1.82) is 0 Å². The predicted octanol–water partition coefficient (Wildman–Crippen LogP) is 3.73. The molecule has 0 spiro atoms. The predicted molar refractivity (Wildman–Crippen MR) is 117 cm³/mol. The van der Waals surface area contributed by atoms with E-state index in [9.17, 15) is 10.1 Å². The minimum Gasteiger partial charge on any atom is -0.497 e. The number of hydrogen-bond acceptors (Lipinski definition) is 6. The average Bonchev–Trinajstić information content (AvgIpc) is 3.11. The molecule has 1 fully saturated rings. The van der Waals surface area contributed by atoms with Crippen LogP contribution in [0.25, 0.3) is 5.69 Å². The van der Waals surface area contributed by atoms with E-state index in [0.29, 0.717) is 5.69 Å². The van der Waals surface area contributed by atoms with Crippen LogP contribution in [0.15, 0.2) is 48.5 Å². The second-order valence-electron chi connectivity index (χ2n) is 7.44. The zero-order chi connectivity index (χ0) is 21.3. The molecule has 2 heterocycles. The van der Waals surface area contributed by atoms with Gasteiger partial charge in [-0.1, -0.05) is 0 Å². The zero-order valence-electron chi connectivity index (χ0n) is 17.4. The number of aromatic nitrogens is 2. The molecule has 0 saturated carbocycles. The Bertz CT molecular complexity index is 1050. The van der Waals surface area contributed by atoms with Crippen molar-refractivity contribution in [2.75, 3.05) is 43.1 Å². The monoisotopic (exact) mass is 407 g/mol. The van der Waals surface area contributed by atoms with E-state index in [0.717, 1.165) is 49.0 Å². The molecule has 156 valence electrons. The lowest BCUT2D eigenvalue weighted by molar-refractivity contribution is -0.384. The third-order valence-electron chi connectivity index (χ3n) is 5.48. The van der Waals surface area contributed by atoms with E-state index in [2.05, 4.69) is 27.0 Å². The van der Waals surface area contributed by atoms with Crippen LogP contribution in [0.1, 0.15) is 11.4 Å². The number of benzene rings is 2. The van der Waals surface area contributed by atoms with Crippen LogP contribution >= 0.6 is 0 Å². The van der Waals surface area contributed by atoms with Gasteiger partial charge in [0.2, 0.25) is 0 Å². The highest BCUT2D eigenvalue weighted by Crippen LogP contribution is 2.30. The molecule has 3 aromatic rings. The van der Waals surface area contributed by atoms with Gasteiger partial charge in [-0.2, -0.15) is 5.10 Å². The van der Waals surface area contributed by atoms with Gasteiger partial charge in [0, 0.05) is 49.3 Å². The van der Waals surface area contributed by atoms with Gasteiger partial charge in [0.1, 0.15) is 11.4 Å². The van der Waals surface area contributed by atoms with Gasteiger partial charge in [0.25, 0.3) is 5.69 Å². The fourth-order valence-electron chi connectivity index (χ4n) is 3.92. The zero-order valence-corrected chi connectivity index (χ0v) is 17.4. The molecule has 2 aromatic carbocycles. The third kappa shape index (κ3) is 3.80. The molecule has 30 heavy (non-hydrogen) atoms. The van der Waals surface area contributed by atoms with Crippen molar-refractivity contribution in [3.8, 4) is 11.4 Å². The molecular weight excluding hydrogens is 382 g/mol. The Morgan fingerprint density at radius 3 is 2.07 bits per heavy atom. The maximum Gasteiger partial charge on any atom is 0.295 e. The molecule has 8 nitrogen and oxygen atoms in total. The van der Waals surface area contributed by atoms with Crippen molar-refractivity contribution >= 4 is 17.1 Å². The van der Waals surface area contributed by atoms with Crippen molar-refractivity contribution in [2.45, 2.75) is 13.8 Å². The molecule has 0 amide bonds. The number of rotatable bonds is 5. The molecule has 1 aliphatic rings. The Balaban J connectivity index is 1.55. The maximum atomic E-state index is 11.6. The van der Waals surface area contributed by atoms with Gasteiger partial charge >= 0.3 is 0 Å². The molecule has 1 aromatic heterocycles. The van der Waals surface area contributed by atoms with Crippen molar-refractivity contribution in [3.63, 3.8) is 0 Å². The average molecular weight is 407 g/mol. The van der Waals surface area contributed by atoms with E-state index in [1.165, 1.54) is 5.69 Å². The number of hydrogen-bond donors (Lipinski definition) is 0. The Kier molecular flexibility index (Phi) is 5.31. The van der Waals surface area contributed by atoms with Gasteiger partial charge in [-0.25, -0.2) is 4.68 Å². The van der Waals surface area contributed by atoms with Crippen LogP contribution in [0.5, 0.6) is 5.75 Å². The van der Waals surface area contributed by atoms with E-state index < -0.39 is 0 Å². The Morgan fingerprint density at radius 1 is 0.933 bits per heavy atom. The number of nitro benzene ring substituents is 1. The molecule has 1 saturated heterocycles. The van der Waals surface area contributed by atoms with Gasteiger partial charge in [0.05, 0.1) is 17.7 Å². The maximum absolute atomic E-state index is 11.6. The smallest absolute Gasteiger partial charge is 0.295 e. The fraction of sp³-hybridized carbons (Fsp3) is 0.318. The molecule has 4 rings (SSSR count). The summed E-state index contributed by atoms with van der Waals surface area (Å²) in [7, 11) is 1.66. The molecule has 0 atom stereocenters. The topological polar surface area (TPSA) is 76.7 Å². The lowest BCUT2D eigenvalue weighted by atomic mass is 10.2. The van der Waals surface area contributed by atoms with Crippen molar-refractivity contribution in [3.05, 3.63) is 70.0 Å². The van der Waals surface area contributed by atoms with Gasteiger partial charge in [-0.3, -0.25) is 10.1 Å². The highest BCUT2D eigenvalue weighted by Gasteiger charge is 2.22. The molecule has 0 N–H and O–H groups in total. The molecule has 8 heteroatoms. The van der Waals surface area contributed by atoms with Crippen LogP contribution < -0.4 is 14.5 Å². The molecular formula is C22H25N5O3. The highest BCUT2D eigenvalue weighted by atomic mass is 16.6. The summed E-state index contributed by atoms with van der Waals surface area (Å²) in [5, 5.41) is 16.0. The largest absolute Gasteiger partial charge is 0.497 e. The van der Waals surface area contributed by atoms with Gasteiger partial charge in [-0.05, 0) is 56.3 Å². The van der Waals surface area contributed by atoms with Gasteiger partial charge < -0.3 is 14.5 Å². The first-order valence-electron chi connectivity index (χ1n) is 9.92.